The first-order valence-corrected chi connectivity index (χ1v) is 10.5. The lowest BCUT2D eigenvalue weighted by molar-refractivity contribution is -0.386. The van der Waals surface area contributed by atoms with Gasteiger partial charge in [0.1, 0.15) is 11.4 Å². The standard InChI is InChI=1S/C23H30FN3O4/c1-15(19-13-16(24)5-7-20(19)26-11-9-18(28)10-12-26)25-17-6-8-21(27(29)30)22(14-17)31-23(2,3)4/h5-8,13-15,18,25,28H,9-12H2,1-4H3. The Bertz CT molecular complexity index is 937. The van der Waals surface area contributed by atoms with Crippen molar-refractivity contribution in [2.24, 2.45) is 0 Å². The number of hydrogen-bond acceptors (Lipinski definition) is 6. The summed E-state index contributed by atoms with van der Waals surface area (Å²) in [6.45, 7) is 8.81. The van der Waals surface area contributed by atoms with Crippen LogP contribution in [0.5, 0.6) is 5.75 Å². The molecule has 2 aromatic carbocycles. The molecule has 1 aliphatic rings. The van der Waals surface area contributed by atoms with Crippen LogP contribution in [0.15, 0.2) is 36.4 Å². The minimum absolute atomic E-state index is 0.105. The molecule has 31 heavy (non-hydrogen) atoms. The number of hydrogen-bond donors (Lipinski definition) is 2. The molecule has 1 fully saturated rings. The average molecular weight is 432 g/mol. The molecule has 0 radical (unpaired) electrons. The molecular weight excluding hydrogens is 401 g/mol. The summed E-state index contributed by atoms with van der Waals surface area (Å²) >= 11 is 0. The van der Waals surface area contributed by atoms with Gasteiger partial charge in [-0.25, -0.2) is 4.39 Å². The highest BCUT2D eigenvalue weighted by Gasteiger charge is 2.24. The zero-order chi connectivity index (χ0) is 22.8. The van der Waals surface area contributed by atoms with Crippen molar-refractivity contribution in [3.63, 3.8) is 0 Å². The molecule has 168 valence electrons. The lowest BCUT2D eigenvalue weighted by Gasteiger charge is -2.34. The SMILES string of the molecule is CC(Nc1ccc([N+](=O)[O-])c(OC(C)(C)C)c1)c1cc(F)ccc1N1CCC(O)CC1. The Hall–Kier alpha value is -2.87. The molecule has 1 unspecified atom stereocenters. The summed E-state index contributed by atoms with van der Waals surface area (Å²) in [6, 6.07) is 9.10. The van der Waals surface area contributed by atoms with Crippen molar-refractivity contribution < 1.29 is 19.2 Å². The van der Waals surface area contributed by atoms with Crippen molar-refractivity contribution in [2.75, 3.05) is 23.3 Å². The van der Waals surface area contributed by atoms with E-state index in [1.807, 2.05) is 27.7 Å². The third-order valence-electron chi connectivity index (χ3n) is 5.22. The number of halogens is 1. The highest BCUT2D eigenvalue weighted by molar-refractivity contribution is 5.61. The Morgan fingerprint density at radius 2 is 1.90 bits per heavy atom. The minimum Gasteiger partial charge on any atom is -0.481 e. The van der Waals surface area contributed by atoms with E-state index in [4.69, 9.17) is 4.74 Å². The number of rotatable bonds is 6. The molecule has 0 amide bonds. The minimum atomic E-state index is -0.594. The first kappa shape index (κ1) is 22.8. The molecule has 2 N–H and O–H groups in total. The molecule has 1 saturated heterocycles. The average Bonchev–Trinajstić information content (AvgIpc) is 2.67. The molecule has 0 bridgehead atoms. The fraction of sp³-hybridized carbons (Fsp3) is 0.478. The van der Waals surface area contributed by atoms with Crippen LogP contribution >= 0.6 is 0 Å². The van der Waals surface area contributed by atoms with Gasteiger partial charge in [-0.2, -0.15) is 0 Å². The normalized spacial score (nSPS) is 16.1. The van der Waals surface area contributed by atoms with Crippen LogP contribution in [0.2, 0.25) is 0 Å². The molecule has 0 spiro atoms. The lowest BCUT2D eigenvalue weighted by Crippen LogP contribution is -2.36. The van der Waals surface area contributed by atoms with E-state index in [-0.39, 0.29) is 29.4 Å². The quantitative estimate of drug-likeness (QED) is 0.492. The second-order valence-electron chi connectivity index (χ2n) is 8.94. The number of nitrogens with zero attached hydrogens (tertiary/aromatic N) is 2. The van der Waals surface area contributed by atoms with Gasteiger partial charge in [0.25, 0.3) is 0 Å². The van der Waals surface area contributed by atoms with Crippen LogP contribution in [0, 0.1) is 15.9 Å². The molecule has 1 aliphatic heterocycles. The molecule has 8 heteroatoms. The summed E-state index contributed by atoms with van der Waals surface area (Å²) in [6.07, 6.45) is 1.06. The predicted molar refractivity (Wildman–Crippen MR) is 119 cm³/mol. The van der Waals surface area contributed by atoms with Crippen molar-refractivity contribution in [1.82, 2.24) is 0 Å². The monoisotopic (exact) mass is 431 g/mol. The summed E-state index contributed by atoms with van der Waals surface area (Å²) in [5, 5.41) is 24.5. The van der Waals surface area contributed by atoms with Crippen LogP contribution in [0.4, 0.5) is 21.5 Å². The van der Waals surface area contributed by atoms with E-state index < -0.39 is 10.5 Å². The zero-order valence-corrected chi connectivity index (χ0v) is 18.4. The van der Waals surface area contributed by atoms with Crippen LogP contribution in [-0.4, -0.2) is 34.8 Å². The van der Waals surface area contributed by atoms with Crippen molar-refractivity contribution in [3.05, 3.63) is 57.9 Å². The molecule has 0 aliphatic carbocycles. The van der Waals surface area contributed by atoms with E-state index in [2.05, 4.69) is 10.2 Å². The third kappa shape index (κ3) is 5.85. The van der Waals surface area contributed by atoms with Gasteiger partial charge in [0.15, 0.2) is 5.75 Å². The van der Waals surface area contributed by atoms with Gasteiger partial charge < -0.3 is 20.1 Å². The molecular formula is C23H30FN3O4. The molecule has 1 heterocycles. The van der Waals surface area contributed by atoms with E-state index in [1.165, 1.54) is 18.2 Å². The van der Waals surface area contributed by atoms with Crippen LogP contribution in [0.1, 0.15) is 52.1 Å². The predicted octanol–water partition coefficient (Wildman–Crippen LogP) is 5.05. The fourth-order valence-corrected chi connectivity index (χ4v) is 3.76. The molecule has 2 aromatic rings. The Labute approximate surface area is 182 Å². The van der Waals surface area contributed by atoms with E-state index in [9.17, 15) is 19.6 Å². The maximum Gasteiger partial charge on any atom is 0.311 e. The fourth-order valence-electron chi connectivity index (χ4n) is 3.76. The van der Waals surface area contributed by atoms with Gasteiger partial charge in [0.2, 0.25) is 0 Å². The highest BCUT2D eigenvalue weighted by atomic mass is 19.1. The van der Waals surface area contributed by atoms with Crippen molar-refractivity contribution in [3.8, 4) is 5.75 Å². The van der Waals surface area contributed by atoms with Gasteiger partial charge in [-0.1, -0.05) is 0 Å². The Balaban J connectivity index is 1.87. The number of nitro groups is 1. The lowest BCUT2D eigenvalue weighted by atomic mass is 10.0. The van der Waals surface area contributed by atoms with Gasteiger partial charge in [-0.15, -0.1) is 0 Å². The first-order valence-electron chi connectivity index (χ1n) is 10.5. The van der Waals surface area contributed by atoms with Gasteiger partial charge >= 0.3 is 5.69 Å². The second-order valence-corrected chi connectivity index (χ2v) is 8.94. The number of benzene rings is 2. The van der Waals surface area contributed by atoms with E-state index >= 15 is 0 Å². The highest BCUT2D eigenvalue weighted by Crippen LogP contribution is 2.36. The number of nitro benzene ring substituents is 1. The van der Waals surface area contributed by atoms with Gasteiger partial charge in [-0.05, 0) is 64.8 Å². The topological polar surface area (TPSA) is 87.9 Å². The first-order chi connectivity index (χ1) is 14.5. The van der Waals surface area contributed by atoms with Gasteiger partial charge in [0.05, 0.1) is 17.1 Å². The molecule has 3 rings (SSSR count). The van der Waals surface area contributed by atoms with E-state index in [0.717, 1.165) is 11.3 Å². The number of piperidine rings is 1. The number of aliphatic hydroxyl groups excluding tert-OH is 1. The van der Waals surface area contributed by atoms with Crippen LogP contribution < -0.4 is 15.0 Å². The van der Waals surface area contributed by atoms with Crippen molar-refractivity contribution >= 4 is 17.1 Å². The van der Waals surface area contributed by atoms with Crippen LogP contribution in [-0.2, 0) is 0 Å². The Morgan fingerprint density at radius 3 is 2.52 bits per heavy atom. The molecule has 1 atom stereocenters. The Kier molecular flexibility index (Phi) is 6.69. The van der Waals surface area contributed by atoms with Crippen molar-refractivity contribution in [1.29, 1.82) is 0 Å². The summed E-state index contributed by atoms with van der Waals surface area (Å²) in [4.78, 5) is 13.1. The molecule has 0 aromatic heterocycles. The van der Waals surface area contributed by atoms with Crippen molar-refractivity contribution in [2.45, 2.75) is 58.3 Å². The van der Waals surface area contributed by atoms with Gasteiger partial charge in [-0.3, -0.25) is 10.1 Å². The van der Waals surface area contributed by atoms with Crippen LogP contribution in [0.25, 0.3) is 0 Å². The second kappa shape index (κ2) is 9.09. The van der Waals surface area contributed by atoms with E-state index in [0.29, 0.717) is 31.6 Å². The summed E-state index contributed by atoms with van der Waals surface area (Å²) < 4.78 is 19.9. The van der Waals surface area contributed by atoms with E-state index in [1.54, 1.807) is 18.2 Å². The van der Waals surface area contributed by atoms with Gasteiger partial charge in [0, 0.05) is 42.2 Å². The number of anilines is 2. The maximum atomic E-state index is 14.1. The summed E-state index contributed by atoms with van der Waals surface area (Å²) in [7, 11) is 0. The maximum absolute atomic E-state index is 14.1. The zero-order valence-electron chi connectivity index (χ0n) is 18.4. The Morgan fingerprint density at radius 1 is 1.23 bits per heavy atom. The summed E-state index contributed by atoms with van der Waals surface area (Å²) in [5.74, 6) is -0.149. The molecule has 7 nitrogen and oxygen atoms in total. The smallest absolute Gasteiger partial charge is 0.311 e. The summed E-state index contributed by atoms with van der Waals surface area (Å²) in [5.41, 5.74) is 1.64. The molecule has 0 saturated carbocycles. The largest absolute Gasteiger partial charge is 0.481 e. The number of nitrogens with one attached hydrogen (secondary N) is 1. The van der Waals surface area contributed by atoms with Crippen LogP contribution in [0.3, 0.4) is 0 Å². The number of ether oxygens (including phenoxy) is 1. The third-order valence-corrected chi connectivity index (χ3v) is 5.22. The number of aliphatic hydroxyl groups is 1.